The van der Waals surface area contributed by atoms with Gasteiger partial charge >= 0.3 is 6.03 Å². The van der Waals surface area contributed by atoms with Crippen LogP contribution < -0.4 is 16.0 Å². The lowest BCUT2D eigenvalue weighted by Crippen LogP contribution is -2.22. The second-order valence-corrected chi connectivity index (χ2v) is 7.93. The first-order valence-corrected chi connectivity index (χ1v) is 9.40. The van der Waals surface area contributed by atoms with Crippen LogP contribution in [-0.2, 0) is 14.6 Å². The Morgan fingerprint density at radius 1 is 1.32 bits per heavy atom. The summed E-state index contributed by atoms with van der Waals surface area (Å²) < 4.78 is 25.4. The van der Waals surface area contributed by atoms with Crippen LogP contribution in [0.2, 0.25) is 0 Å². The monoisotopic (exact) mass is 362 g/mol. The molecular weight excluding hydrogens is 348 g/mol. The topological polar surface area (TPSA) is 135 Å². The number of imide groups is 1. The van der Waals surface area contributed by atoms with Gasteiger partial charge in [0.15, 0.2) is 20.5 Å². The summed E-state index contributed by atoms with van der Waals surface area (Å²) in [5, 5.41) is 11.8. The number of aromatic nitrogens is 3. The van der Waals surface area contributed by atoms with Gasteiger partial charge in [0.1, 0.15) is 11.5 Å². The maximum Gasteiger partial charge on any atom is 0.326 e. The molecule has 1 saturated carbocycles. The lowest BCUT2D eigenvalue weighted by molar-refractivity contribution is -0.115. The Kier molecular flexibility index (Phi) is 3.29. The number of carbonyl (C=O) groups is 2. The van der Waals surface area contributed by atoms with Crippen LogP contribution in [0.1, 0.15) is 18.4 Å². The third-order valence-electron chi connectivity index (χ3n) is 3.80. The summed E-state index contributed by atoms with van der Waals surface area (Å²) in [5.74, 6) is -0.0579. The standard InChI is InChI=1S/C14H14N6O4S/c1-25(23,24)11-5-10(16-8-2-3-8)20-12(18-11)7(6-15-20)4-9-13(21)19-14(22)17-9/h4-6,8,16H,2-3H2,1H3,(H2,17,19,21,22)/b9-4+. The first-order valence-electron chi connectivity index (χ1n) is 7.51. The van der Waals surface area contributed by atoms with Gasteiger partial charge < -0.3 is 10.6 Å². The molecule has 0 radical (unpaired) electrons. The SMILES string of the molecule is CS(=O)(=O)c1cc(NC2CC2)n2ncc(/C=C3/NC(=O)NC3=O)c2n1. The summed E-state index contributed by atoms with van der Waals surface area (Å²) in [5.41, 5.74) is 0.729. The summed E-state index contributed by atoms with van der Waals surface area (Å²) >= 11 is 0. The molecule has 3 amide bonds. The van der Waals surface area contributed by atoms with Crippen LogP contribution in [0.4, 0.5) is 10.6 Å². The lowest BCUT2D eigenvalue weighted by Gasteiger charge is -2.09. The number of anilines is 1. The van der Waals surface area contributed by atoms with Gasteiger partial charge in [-0.1, -0.05) is 0 Å². The summed E-state index contributed by atoms with van der Waals surface area (Å²) in [6, 6.07) is 1.10. The van der Waals surface area contributed by atoms with Crippen molar-refractivity contribution in [1.82, 2.24) is 25.2 Å². The number of hydrogen-bond acceptors (Lipinski definition) is 7. The molecule has 2 aromatic heterocycles. The van der Waals surface area contributed by atoms with Gasteiger partial charge in [-0.15, -0.1) is 0 Å². The van der Waals surface area contributed by atoms with Crippen LogP contribution in [0.5, 0.6) is 0 Å². The van der Waals surface area contributed by atoms with E-state index in [0.717, 1.165) is 19.1 Å². The molecule has 1 aliphatic carbocycles. The molecule has 2 aromatic rings. The summed E-state index contributed by atoms with van der Waals surface area (Å²) in [6.45, 7) is 0. The molecule has 3 heterocycles. The minimum Gasteiger partial charge on any atom is -0.367 e. The predicted molar refractivity (Wildman–Crippen MR) is 87.4 cm³/mol. The predicted octanol–water partition coefficient (Wildman–Crippen LogP) is -0.113. The second-order valence-electron chi connectivity index (χ2n) is 5.97. The second kappa shape index (κ2) is 5.28. The highest BCUT2D eigenvalue weighted by Gasteiger charge is 2.26. The number of rotatable bonds is 4. The number of carbonyl (C=O) groups excluding carboxylic acids is 2. The number of hydrogen-bond donors (Lipinski definition) is 3. The van der Waals surface area contributed by atoms with E-state index in [1.807, 2.05) is 0 Å². The molecule has 130 valence electrons. The number of fused-ring (bicyclic) bond motifs is 1. The lowest BCUT2D eigenvalue weighted by atomic mass is 10.2. The zero-order chi connectivity index (χ0) is 17.8. The van der Waals surface area contributed by atoms with Gasteiger partial charge in [-0.25, -0.2) is 18.2 Å². The van der Waals surface area contributed by atoms with Crippen LogP contribution in [0.25, 0.3) is 11.7 Å². The van der Waals surface area contributed by atoms with Crippen LogP contribution >= 0.6 is 0 Å². The largest absolute Gasteiger partial charge is 0.367 e. The molecule has 0 atom stereocenters. The van der Waals surface area contributed by atoms with Gasteiger partial charge in [0.05, 0.1) is 6.20 Å². The maximum absolute atomic E-state index is 11.9. The summed E-state index contributed by atoms with van der Waals surface area (Å²) in [4.78, 5) is 27.1. The van der Waals surface area contributed by atoms with Crippen molar-refractivity contribution in [1.29, 1.82) is 0 Å². The van der Waals surface area contributed by atoms with Gasteiger partial charge in [-0.3, -0.25) is 10.1 Å². The quantitative estimate of drug-likeness (QED) is 0.392. The Labute approximate surface area is 142 Å². The number of urea groups is 1. The molecule has 2 aliphatic rings. The highest BCUT2D eigenvalue weighted by atomic mass is 32.2. The summed E-state index contributed by atoms with van der Waals surface area (Å²) in [7, 11) is -3.54. The Bertz CT molecular complexity index is 1050. The fourth-order valence-corrected chi connectivity index (χ4v) is 3.00. The van der Waals surface area contributed by atoms with Crippen molar-refractivity contribution in [3.05, 3.63) is 23.5 Å². The molecule has 0 spiro atoms. The van der Waals surface area contributed by atoms with Crippen LogP contribution in [-0.4, -0.2) is 47.3 Å². The van der Waals surface area contributed by atoms with Gasteiger partial charge in [0, 0.05) is 23.9 Å². The van der Waals surface area contributed by atoms with Gasteiger partial charge in [-0.2, -0.15) is 9.61 Å². The van der Waals surface area contributed by atoms with E-state index in [9.17, 15) is 18.0 Å². The number of amides is 3. The number of nitrogens with zero attached hydrogens (tertiary/aromatic N) is 3. The van der Waals surface area contributed by atoms with E-state index in [1.165, 1.54) is 22.9 Å². The zero-order valence-corrected chi connectivity index (χ0v) is 13.9. The van der Waals surface area contributed by atoms with Crippen molar-refractivity contribution < 1.29 is 18.0 Å². The smallest absolute Gasteiger partial charge is 0.326 e. The van der Waals surface area contributed by atoms with E-state index in [2.05, 4.69) is 26.0 Å². The van der Waals surface area contributed by atoms with E-state index in [0.29, 0.717) is 11.4 Å². The molecule has 1 saturated heterocycles. The third kappa shape index (κ3) is 2.93. The minimum absolute atomic E-state index is 0.0446. The molecule has 1 aliphatic heterocycles. The van der Waals surface area contributed by atoms with E-state index in [-0.39, 0.29) is 22.4 Å². The highest BCUT2D eigenvalue weighted by Crippen LogP contribution is 2.27. The number of sulfone groups is 1. The van der Waals surface area contributed by atoms with E-state index < -0.39 is 21.8 Å². The van der Waals surface area contributed by atoms with Crippen molar-refractivity contribution in [3.63, 3.8) is 0 Å². The minimum atomic E-state index is -3.54. The molecule has 10 nitrogen and oxygen atoms in total. The first kappa shape index (κ1) is 15.6. The van der Waals surface area contributed by atoms with Gasteiger partial charge in [-0.05, 0) is 18.9 Å². The fraction of sp³-hybridized carbons (Fsp3) is 0.286. The summed E-state index contributed by atoms with van der Waals surface area (Å²) in [6.07, 6.45) is 5.94. The highest BCUT2D eigenvalue weighted by molar-refractivity contribution is 7.90. The maximum atomic E-state index is 11.9. The van der Waals surface area contributed by atoms with Crippen molar-refractivity contribution in [2.75, 3.05) is 11.6 Å². The average molecular weight is 362 g/mol. The van der Waals surface area contributed by atoms with Crippen molar-refractivity contribution in [2.45, 2.75) is 23.9 Å². The molecular formula is C14H14N6O4S. The van der Waals surface area contributed by atoms with Crippen molar-refractivity contribution >= 4 is 39.3 Å². The number of nitrogens with one attached hydrogen (secondary N) is 3. The Morgan fingerprint density at radius 3 is 2.68 bits per heavy atom. The van der Waals surface area contributed by atoms with Crippen LogP contribution in [0, 0.1) is 0 Å². The van der Waals surface area contributed by atoms with E-state index >= 15 is 0 Å². The molecule has 0 aromatic carbocycles. The van der Waals surface area contributed by atoms with Crippen molar-refractivity contribution in [2.24, 2.45) is 0 Å². The molecule has 25 heavy (non-hydrogen) atoms. The Morgan fingerprint density at radius 2 is 2.08 bits per heavy atom. The zero-order valence-electron chi connectivity index (χ0n) is 13.1. The Hall–Kier alpha value is -2.95. The van der Waals surface area contributed by atoms with Gasteiger partial charge in [0.2, 0.25) is 0 Å². The molecule has 11 heteroatoms. The van der Waals surface area contributed by atoms with Crippen LogP contribution in [0.15, 0.2) is 23.0 Å². The van der Waals surface area contributed by atoms with E-state index in [1.54, 1.807) is 0 Å². The molecule has 0 bridgehead atoms. The van der Waals surface area contributed by atoms with Gasteiger partial charge in [0.25, 0.3) is 5.91 Å². The van der Waals surface area contributed by atoms with Crippen molar-refractivity contribution in [3.8, 4) is 0 Å². The first-order chi connectivity index (χ1) is 11.8. The molecule has 4 rings (SSSR count). The van der Waals surface area contributed by atoms with E-state index in [4.69, 9.17) is 0 Å². The molecule has 3 N–H and O–H groups in total. The normalized spacial score (nSPS) is 19.3. The van der Waals surface area contributed by atoms with Crippen LogP contribution in [0.3, 0.4) is 0 Å². The fourth-order valence-electron chi connectivity index (χ4n) is 2.43. The molecule has 0 unspecified atom stereocenters. The third-order valence-corrected chi connectivity index (χ3v) is 4.77. The molecule has 2 fully saturated rings. The average Bonchev–Trinajstić information content (AvgIpc) is 3.15. The Balaban J connectivity index is 1.87.